The Balaban J connectivity index is 1.55. The summed E-state index contributed by atoms with van der Waals surface area (Å²) in [5, 5.41) is 11.7. The van der Waals surface area contributed by atoms with Crippen LogP contribution in [0.1, 0.15) is 0 Å². The van der Waals surface area contributed by atoms with Crippen LogP contribution in [-0.2, 0) is 4.79 Å². The van der Waals surface area contributed by atoms with Crippen LogP contribution in [0.2, 0.25) is 0 Å². The lowest BCUT2D eigenvalue weighted by molar-refractivity contribution is -0.113. The number of amides is 1. The lowest BCUT2D eigenvalue weighted by Gasteiger charge is -2.14. The maximum atomic E-state index is 13.8. The fourth-order valence-corrected chi connectivity index (χ4v) is 4.26. The molecular weight excluding hydrogens is 429 g/mol. The largest absolute Gasteiger partial charge is 0.323 e. The molecule has 0 spiro atoms. The van der Waals surface area contributed by atoms with Crippen molar-refractivity contribution in [3.63, 3.8) is 0 Å². The van der Waals surface area contributed by atoms with Gasteiger partial charge in [-0.1, -0.05) is 60.3 Å². The predicted molar refractivity (Wildman–Crippen MR) is 123 cm³/mol. The van der Waals surface area contributed by atoms with Gasteiger partial charge < -0.3 is 5.32 Å². The number of hydrogen-bond donors (Lipinski definition) is 2. The molecule has 2 heterocycles. The van der Waals surface area contributed by atoms with E-state index >= 15 is 0 Å². The molecule has 0 unspecified atom stereocenters. The van der Waals surface area contributed by atoms with E-state index < -0.39 is 11.7 Å². The second-order valence-corrected chi connectivity index (χ2v) is 7.92. The normalized spacial score (nSPS) is 11.2. The lowest BCUT2D eigenvalue weighted by Crippen LogP contribution is -2.23. The lowest BCUT2D eigenvalue weighted by atomic mass is 10.1. The topological polar surface area (TPSA) is 92.7 Å². The van der Waals surface area contributed by atoms with Crippen molar-refractivity contribution in [2.45, 2.75) is 5.16 Å². The zero-order valence-corrected chi connectivity index (χ0v) is 17.4. The minimum atomic E-state index is -0.518. The summed E-state index contributed by atoms with van der Waals surface area (Å²) < 4.78 is 15.3. The number of nitrogens with zero attached hydrogens (tertiary/aromatic N) is 3. The number of fused-ring (bicyclic) bond motifs is 2. The minimum absolute atomic E-state index is 0.0643. The van der Waals surface area contributed by atoms with E-state index in [0.29, 0.717) is 21.9 Å². The Labute approximate surface area is 185 Å². The van der Waals surface area contributed by atoms with E-state index in [2.05, 4.69) is 20.5 Å². The van der Waals surface area contributed by atoms with Crippen molar-refractivity contribution < 1.29 is 9.18 Å². The molecule has 2 N–H and O–H groups in total. The molecule has 2 aromatic heterocycles. The third-order valence-corrected chi connectivity index (χ3v) is 5.88. The van der Waals surface area contributed by atoms with Crippen LogP contribution >= 0.6 is 11.8 Å². The molecule has 0 fully saturated rings. The first kappa shape index (κ1) is 20.0. The molecule has 7 nitrogen and oxygen atoms in total. The summed E-state index contributed by atoms with van der Waals surface area (Å²) >= 11 is 1.09. The van der Waals surface area contributed by atoms with Gasteiger partial charge in [0.2, 0.25) is 5.91 Å². The Morgan fingerprint density at radius 2 is 1.81 bits per heavy atom. The van der Waals surface area contributed by atoms with Gasteiger partial charge in [-0.05, 0) is 23.6 Å². The smallest absolute Gasteiger partial charge is 0.269 e. The first-order valence-corrected chi connectivity index (χ1v) is 10.7. The van der Waals surface area contributed by atoms with Crippen molar-refractivity contribution in [3.05, 3.63) is 89.1 Å². The van der Waals surface area contributed by atoms with Gasteiger partial charge in [0.15, 0.2) is 10.8 Å². The van der Waals surface area contributed by atoms with Gasteiger partial charge in [-0.25, -0.2) is 9.37 Å². The number of hydrogen-bond acceptors (Lipinski definition) is 5. The van der Waals surface area contributed by atoms with Crippen molar-refractivity contribution in [1.29, 1.82) is 0 Å². The summed E-state index contributed by atoms with van der Waals surface area (Å²) in [5.74, 6) is -0.996. The van der Waals surface area contributed by atoms with Crippen molar-refractivity contribution in [3.8, 4) is 5.69 Å². The zero-order chi connectivity index (χ0) is 22.1. The number of H-pyrrole nitrogens is 1. The number of aromatic nitrogens is 4. The molecule has 5 rings (SSSR count). The van der Waals surface area contributed by atoms with Gasteiger partial charge in [0, 0.05) is 5.39 Å². The summed E-state index contributed by atoms with van der Waals surface area (Å²) in [6, 6.07) is 19.3. The van der Waals surface area contributed by atoms with Crippen LogP contribution in [0.3, 0.4) is 0 Å². The fourth-order valence-electron chi connectivity index (χ4n) is 3.47. The predicted octanol–water partition coefficient (Wildman–Crippen LogP) is 4.13. The van der Waals surface area contributed by atoms with E-state index in [0.717, 1.165) is 22.5 Å². The van der Waals surface area contributed by atoms with Crippen LogP contribution in [0.5, 0.6) is 0 Å². The highest BCUT2D eigenvalue weighted by molar-refractivity contribution is 7.99. The number of carbonyl (C=O) groups excluding carboxylic acids is 1. The zero-order valence-electron chi connectivity index (χ0n) is 16.6. The van der Waals surface area contributed by atoms with Crippen LogP contribution in [-0.4, -0.2) is 31.4 Å². The molecule has 0 aliphatic heterocycles. The molecule has 0 saturated carbocycles. The van der Waals surface area contributed by atoms with Crippen LogP contribution in [0.25, 0.3) is 27.5 Å². The molecule has 9 heteroatoms. The first-order chi connectivity index (χ1) is 15.6. The third kappa shape index (κ3) is 3.63. The number of rotatable bonds is 5. The van der Waals surface area contributed by atoms with Gasteiger partial charge in [0.1, 0.15) is 11.2 Å². The minimum Gasteiger partial charge on any atom is -0.323 e. The average Bonchev–Trinajstić information content (AvgIpc) is 3.28. The molecule has 0 aliphatic rings. The maximum Gasteiger partial charge on any atom is 0.269 e. The molecule has 158 valence electrons. The van der Waals surface area contributed by atoms with Gasteiger partial charge in [-0.15, -0.1) is 0 Å². The van der Waals surface area contributed by atoms with Crippen LogP contribution in [0.4, 0.5) is 10.1 Å². The SMILES string of the molecule is O=C(CSc1nc2[nH]ncc2c(=O)n1-c1cccc2ccccc12)Nc1ccccc1F. The monoisotopic (exact) mass is 445 g/mol. The first-order valence-electron chi connectivity index (χ1n) is 9.73. The van der Waals surface area contributed by atoms with Crippen molar-refractivity contribution >= 4 is 45.2 Å². The van der Waals surface area contributed by atoms with E-state index in [1.807, 2.05) is 42.5 Å². The summed E-state index contributed by atoms with van der Waals surface area (Å²) in [6.07, 6.45) is 1.44. The summed E-state index contributed by atoms with van der Waals surface area (Å²) in [5.41, 5.74) is 0.794. The van der Waals surface area contributed by atoms with E-state index in [1.165, 1.54) is 22.9 Å². The van der Waals surface area contributed by atoms with Crippen molar-refractivity contribution in [2.24, 2.45) is 0 Å². The fraction of sp³-hybridized carbons (Fsp3) is 0.0435. The number of carbonyl (C=O) groups is 1. The Bertz CT molecular complexity index is 1520. The van der Waals surface area contributed by atoms with Crippen LogP contribution in [0.15, 0.2) is 82.9 Å². The Morgan fingerprint density at radius 1 is 1.03 bits per heavy atom. The summed E-state index contributed by atoms with van der Waals surface area (Å²) in [7, 11) is 0. The highest BCUT2D eigenvalue weighted by Crippen LogP contribution is 2.26. The Hall–Kier alpha value is -3.98. The van der Waals surface area contributed by atoms with Gasteiger partial charge >= 0.3 is 0 Å². The second-order valence-electron chi connectivity index (χ2n) is 6.98. The van der Waals surface area contributed by atoms with Gasteiger partial charge in [0.05, 0.1) is 23.3 Å². The molecule has 0 radical (unpaired) electrons. The number of aromatic amines is 1. The van der Waals surface area contributed by atoms with Gasteiger partial charge in [-0.2, -0.15) is 5.10 Å². The van der Waals surface area contributed by atoms with Gasteiger partial charge in [0.25, 0.3) is 5.56 Å². The number of thioether (sulfide) groups is 1. The van der Waals surface area contributed by atoms with E-state index in [-0.39, 0.29) is 17.0 Å². The van der Waals surface area contributed by atoms with Crippen molar-refractivity contribution in [2.75, 3.05) is 11.1 Å². The second kappa shape index (κ2) is 8.27. The van der Waals surface area contributed by atoms with E-state index in [9.17, 15) is 14.0 Å². The molecule has 5 aromatic rings. The quantitative estimate of drug-likeness (QED) is 0.313. The van der Waals surface area contributed by atoms with Crippen molar-refractivity contribution in [1.82, 2.24) is 19.7 Å². The number of anilines is 1. The molecule has 3 aromatic carbocycles. The van der Waals surface area contributed by atoms with Gasteiger partial charge in [-0.3, -0.25) is 19.3 Å². The van der Waals surface area contributed by atoms with E-state index in [1.54, 1.807) is 12.1 Å². The standard InChI is InChI=1S/C23H16FN5O2S/c24-17-9-3-4-10-18(17)26-20(30)13-32-23-27-21-16(12-25-28-21)22(31)29(23)19-11-5-7-14-6-1-2-8-15(14)19/h1-12H,13H2,(H,25,28)(H,26,30). The van der Waals surface area contributed by atoms with Crippen LogP contribution in [0, 0.1) is 5.82 Å². The number of para-hydroxylation sites is 1. The molecule has 0 bridgehead atoms. The molecule has 0 atom stereocenters. The number of benzene rings is 3. The summed E-state index contributed by atoms with van der Waals surface area (Å²) in [4.78, 5) is 30.3. The van der Waals surface area contributed by atoms with E-state index in [4.69, 9.17) is 0 Å². The Morgan fingerprint density at radius 3 is 2.69 bits per heavy atom. The maximum absolute atomic E-state index is 13.8. The highest BCUT2D eigenvalue weighted by atomic mass is 32.2. The Kier molecular flexibility index (Phi) is 5.16. The van der Waals surface area contributed by atoms with Crippen LogP contribution < -0.4 is 10.9 Å². The average molecular weight is 445 g/mol. The number of nitrogens with one attached hydrogen (secondary N) is 2. The molecule has 0 aliphatic carbocycles. The molecule has 0 saturated heterocycles. The molecular formula is C23H16FN5O2S. The summed E-state index contributed by atoms with van der Waals surface area (Å²) in [6.45, 7) is 0. The molecule has 32 heavy (non-hydrogen) atoms. The third-order valence-electron chi connectivity index (χ3n) is 4.94. The molecule has 1 amide bonds. The number of halogens is 1. The highest BCUT2D eigenvalue weighted by Gasteiger charge is 2.18.